The number of nitrogens with two attached hydrogens (primary N) is 1. The van der Waals surface area contributed by atoms with Gasteiger partial charge in [0.25, 0.3) is 0 Å². The fourth-order valence-corrected chi connectivity index (χ4v) is 5.63. The SMILES string of the molecule is CCCOC(=O)[C@H](C)N[P@](=O)(OC[C@@]1(CF)O[C@@H](c2ccc3c(N)ncnn23)[C@H](O)[C@@H]1O)Oc1ccccc1. The Morgan fingerprint density at radius 2 is 2.05 bits per heavy atom. The predicted octanol–water partition coefficient (Wildman–Crippen LogP) is 1.95. The van der Waals surface area contributed by atoms with Crippen molar-refractivity contribution in [3.63, 3.8) is 0 Å². The zero-order valence-corrected chi connectivity index (χ0v) is 22.2. The first-order chi connectivity index (χ1) is 18.6. The maximum atomic E-state index is 14.5. The molecule has 15 heteroatoms. The number of aromatic nitrogens is 3. The third-order valence-electron chi connectivity index (χ3n) is 6.16. The number of ether oxygens (including phenoxy) is 2. The number of carbonyl (C=O) groups excluding carboxylic acids is 1. The van der Waals surface area contributed by atoms with Gasteiger partial charge >= 0.3 is 13.7 Å². The molecule has 13 nitrogen and oxygen atoms in total. The Hall–Kier alpha value is -3.13. The average molecular weight is 568 g/mol. The minimum atomic E-state index is -4.40. The number of hydrogen-bond acceptors (Lipinski definition) is 11. The number of nitrogens with zero attached hydrogens (tertiary/aromatic N) is 3. The van der Waals surface area contributed by atoms with Crippen LogP contribution in [-0.4, -0.2) is 74.5 Å². The molecular weight excluding hydrogens is 536 g/mol. The van der Waals surface area contributed by atoms with Gasteiger partial charge in [0, 0.05) is 0 Å². The highest BCUT2D eigenvalue weighted by atomic mass is 31.2. The van der Waals surface area contributed by atoms with Gasteiger partial charge in [-0.1, -0.05) is 25.1 Å². The standard InChI is InChI=1S/C24H31FN5O8P/c1-3-11-35-23(33)15(2)29-39(34,38-16-7-5-4-6-8-16)36-13-24(12-25)21(32)19(31)20(37-24)17-9-10-18-22(26)27-14-28-30(17)18/h4-10,14-15,19-21,31-32H,3,11-13H2,1-2H3,(H,29,34)(H2,26,27,28)/t15-,19-,20-,21-,24+,39-/m0/s1. The molecule has 0 radical (unpaired) electrons. The van der Waals surface area contributed by atoms with Crippen LogP contribution in [0, 0.1) is 0 Å². The summed E-state index contributed by atoms with van der Waals surface area (Å²) in [6.45, 7) is 1.25. The van der Waals surface area contributed by atoms with Gasteiger partial charge in [-0.25, -0.2) is 18.5 Å². The molecule has 4 rings (SSSR count). The van der Waals surface area contributed by atoms with Crippen molar-refractivity contribution in [2.24, 2.45) is 0 Å². The van der Waals surface area contributed by atoms with E-state index in [1.807, 2.05) is 6.92 Å². The zero-order valence-electron chi connectivity index (χ0n) is 21.3. The van der Waals surface area contributed by atoms with Crippen molar-refractivity contribution in [3.8, 4) is 5.75 Å². The number of anilines is 1. The van der Waals surface area contributed by atoms with Crippen LogP contribution in [0.1, 0.15) is 32.1 Å². The number of nitrogens with one attached hydrogen (secondary N) is 1. The van der Waals surface area contributed by atoms with E-state index in [1.54, 1.807) is 30.3 Å². The van der Waals surface area contributed by atoms with E-state index in [9.17, 15) is 24.0 Å². The van der Waals surface area contributed by atoms with Crippen LogP contribution in [0.15, 0.2) is 48.8 Å². The molecule has 212 valence electrons. The summed E-state index contributed by atoms with van der Waals surface area (Å²) in [5.41, 5.74) is 4.41. The van der Waals surface area contributed by atoms with Crippen molar-refractivity contribution >= 4 is 25.1 Å². The fraction of sp³-hybridized carbons (Fsp3) is 0.458. The van der Waals surface area contributed by atoms with Gasteiger partial charge in [0.05, 0.1) is 18.9 Å². The van der Waals surface area contributed by atoms with Crippen LogP contribution >= 0.6 is 7.75 Å². The molecule has 0 spiro atoms. The van der Waals surface area contributed by atoms with Gasteiger partial charge in [-0.15, -0.1) is 0 Å². The van der Waals surface area contributed by atoms with Crippen molar-refractivity contribution in [2.45, 2.75) is 50.2 Å². The zero-order chi connectivity index (χ0) is 28.2. The van der Waals surface area contributed by atoms with Gasteiger partial charge in [0.2, 0.25) is 0 Å². The number of nitrogen functional groups attached to an aromatic ring is 1. The van der Waals surface area contributed by atoms with Crippen LogP contribution in [0.3, 0.4) is 0 Å². The molecular formula is C24H31FN5O8P. The Morgan fingerprint density at radius 3 is 2.74 bits per heavy atom. The molecule has 1 aromatic carbocycles. The van der Waals surface area contributed by atoms with Crippen molar-refractivity contribution in [3.05, 3.63) is 54.5 Å². The van der Waals surface area contributed by atoms with Crippen molar-refractivity contribution in [2.75, 3.05) is 25.6 Å². The second-order valence-corrected chi connectivity index (χ2v) is 10.8. The van der Waals surface area contributed by atoms with Crippen LogP contribution in [0.25, 0.3) is 5.52 Å². The minimum Gasteiger partial charge on any atom is -0.465 e. The number of rotatable bonds is 12. The Balaban J connectivity index is 1.57. The van der Waals surface area contributed by atoms with Gasteiger partial charge in [-0.3, -0.25) is 9.32 Å². The molecule has 0 amide bonds. The second-order valence-electron chi connectivity index (χ2n) is 9.07. The van der Waals surface area contributed by atoms with E-state index in [-0.39, 0.29) is 23.9 Å². The van der Waals surface area contributed by atoms with Crippen LogP contribution in [0.4, 0.5) is 10.2 Å². The summed E-state index contributed by atoms with van der Waals surface area (Å²) in [5, 5.41) is 28.3. The summed E-state index contributed by atoms with van der Waals surface area (Å²) in [6.07, 6.45) is -2.87. The number of hydrogen-bond donors (Lipinski definition) is 4. The van der Waals surface area contributed by atoms with Crippen molar-refractivity contribution in [1.29, 1.82) is 0 Å². The molecule has 3 heterocycles. The lowest BCUT2D eigenvalue weighted by molar-refractivity contribution is -0.145. The van der Waals surface area contributed by atoms with Gasteiger partial charge in [-0.05, 0) is 37.6 Å². The summed E-state index contributed by atoms with van der Waals surface area (Å²) in [7, 11) is -4.40. The number of halogens is 1. The summed E-state index contributed by atoms with van der Waals surface area (Å²) in [6, 6.07) is 9.99. The summed E-state index contributed by atoms with van der Waals surface area (Å²) < 4.78 is 51.7. The van der Waals surface area contributed by atoms with Gasteiger partial charge in [0.15, 0.2) is 5.82 Å². The molecule has 39 heavy (non-hydrogen) atoms. The Kier molecular flexibility index (Phi) is 8.84. The molecule has 5 N–H and O–H groups in total. The third kappa shape index (κ3) is 6.06. The number of alkyl halides is 1. The second kappa shape index (κ2) is 11.9. The Labute approximate surface area is 223 Å². The minimum absolute atomic E-state index is 0.138. The van der Waals surface area contributed by atoms with E-state index in [2.05, 4.69) is 15.2 Å². The van der Waals surface area contributed by atoms with Crippen molar-refractivity contribution in [1.82, 2.24) is 19.7 Å². The number of esters is 1. The maximum absolute atomic E-state index is 14.5. The largest absolute Gasteiger partial charge is 0.465 e. The first-order valence-electron chi connectivity index (χ1n) is 12.2. The van der Waals surface area contributed by atoms with E-state index in [1.165, 1.54) is 29.9 Å². The number of aliphatic hydroxyl groups excluding tert-OH is 2. The van der Waals surface area contributed by atoms with E-state index in [4.69, 9.17) is 24.3 Å². The van der Waals surface area contributed by atoms with E-state index in [0.717, 1.165) is 0 Å². The lowest BCUT2D eigenvalue weighted by Gasteiger charge is -2.31. The molecule has 1 aliphatic heterocycles. The molecule has 1 aliphatic rings. The number of aliphatic hydroxyl groups is 2. The first kappa shape index (κ1) is 28.9. The molecule has 2 aromatic heterocycles. The molecule has 0 unspecified atom stereocenters. The van der Waals surface area contributed by atoms with Crippen LogP contribution < -0.4 is 15.3 Å². The van der Waals surface area contributed by atoms with E-state index >= 15 is 0 Å². The smallest absolute Gasteiger partial charge is 0.459 e. The first-order valence-corrected chi connectivity index (χ1v) is 13.8. The predicted molar refractivity (Wildman–Crippen MR) is 136 cm³/mol. The summed E-state index contributed by atoms with van der Waals surface area (Å²) in [5.74, 6) is -0.396. The van der Waals surface area contributed by atoms with Crippen LogP contribution in [0.2, 0.25) is 0 Å². The normalized spacial score (nSPS) is 25.3. The Bertz CT molecular complexity index is 1330. The summed E-state index contributed by atoms with van der Waals surface area (Å²) >= 11 is 0. The number of benzene rings is 1. The number of carbonyl (C=O) groups is 1. The molecule has 1 saturated heterocycles. The van der Waals surface area contributed by atoms with Gasteiger partial charge < -0.3 is 29.9 Å². The lowest BCUT2D eigenvalue weighted by Crippen LogP contribution is -2.49. The number of para-hydroxylation sites is 1. The van der Waals surface area contributed by atoms with Gasteiger partial charge in [0.1, 0.15) is 54.2 Å². The molecule has 6 atom stereocenters. The van der Waals surface area contributed by atoms with Crippen LogP contribution in [-0.2, 0) is 23.4 Å². The highest BCUT2D eigenvalue weighted by Crippen LogP contribution is 2.48. The topological polar surface area (TPSA) is 180 Å². The van der Waals surface area contributed by atoms with Gasteiger partial charge in [-0.2, -0.15) is 10.2 Å². The Morgan fingerprint density at radius 1 is 1.31 bits per heavy atom. The fourth-order valence-electron chi connectivity index (χ4n) is 4.08. The van der Waals surface area contributed by atoms with Crippen molar-refractivity contribution < 1.29 is 42.5 Å². The molecule has 1 fully saturated rings. The molecule has 0 bridgehead atoms. The van der Waals surface area contributed by atoms with Crippen LogP contribution in [0.5, 0.6) is 5.75 Å². The maximum Gasteiger partial charge on any atom is 0.459 e. The molecule has 0 aliphatic carbocycles. The molecule has 0 saturated carbocycles. The highest BCUT2D eigenvalue weighted by Gasteiger charge is 2.57. The monoisotopic (exact) mass is 567 g/mol. The third-order valence-corrected chi connectivity index (χ3v) is 7.79. The van der Waals surface area contributed by atoms with E-state index < -0.39 is 57.0 Å². The molecule has 3 aromatic rings. The van der Waals surface area contributed by atoms with E-state index in [0.29, 0.717) is 11.9 Å². The average Bonchev–Trinajstić information content (AvgIpc) is 3.47. The lowest BCUT2D eigenvalue weighted by atomic mass is 9.96. The quantitative estimate of drug-likeness (QED) is 0.185. The summed E-state index contributed by atoms with van der Waals surface area (Å²) in [4.78, 5) is 16.2. The number of fused-ring (bicyclic) bond motifs is 1. The highest BCUT2D eigenvalue weighted by molar-refractivity contribution is 7.52.